The van der Waals surface area contributed by atoms with E-state index >= 15 is 0 Å². The summed E-state index contributed by atoms with van der Waals surface area (Å²) in [4.78, 5) is 0. The van der Waals surface area contributed by atoms with E-state index in [1.165, 1.54) is 18.9 Å². The minimum absolute atomic E-state index is 0.151. The fourth-order valence-corrected chi connectivity index (χ4v) is 2.91. The predicted octanol–water partition coefficient (Wildman–Crippen LogP) is 5.61. The Kier molecular flexibility index (Phi) is 7.69. The van der Waals surface area contributed by atoms with Gasteiger partial charge in [-0.2, -0.15) is 0 Å². The number of unbranched alkanes of at least 4 members (excludes halogenated alkanes) is 1. The molecule has 0 saturated heterocycles. The molecule has 0 aliphatic heterocycles. The van der Waals surface area contributed by atoms with Crippen molar-refractivity contribution in [2.45, 2.75) is 65.8 Å². The van der Waals surface area contributed by atoms with E-state index in [9.17, 15) is 4.39 Å². The number of nitrogens with one attached hydrogen (secondary N) is 1. The average molecular weight is 314 g/mol. The first-order valence-electron chi connectivity index (χ1n) is 8.09. The van der Waals surface area contributed by atoms with E-state index in [0.29, 0.717) is 11.1 Å². The van der Waals surface area contributed by atoms with Gasteiger partial charge in [-0.05, 0) is 48.4 Å². The fourth-order valence-electron chi connectivity index (χ4n) is 2.72. The zero-order valence-corrected chi connectivity index (χ0v) is 14.6. The molecule has 1 atom stereocenters. The summed E-state index contributed by atoms with van der Waals surface area (Å²) < 4.78 is 13.5. The first-order valence-corrected chi connectivity index (χ1v) is 8.47. The molecule has 3 heteroatoms. The molecule has 1 unspecified atom stereocenters. The molecule has 120 valence electrons. The summed E-state index contributed by atoms with van der Waals surface area (Å²) in [6.45, 7) is 9.72. The molecule has 1 aromatic carbocycles. The van der Waals surface area contributed by atoms with Crippen LogP contribution < -0.4 is 5.32 Å². The smallest absolute Gasteiger partial charge is 0.123 e. The van der Waals surface area contributed by atoms with Crippen LogP contribution in [0.5, 0.6) is 0 Å². The lowest BCUT2D eigenvalue weighted by Crippen LogP contribution is -2.39. The molecule has 0 aliphatic carbocycles. The van der Waals surface area contributed by atoms with Crippen LogP contribution in [0, 0.1) is 11.2 Å². The SMILES string of the molecule is CCCCC(CC)(CNC(C)C)Cc1cc(F)ccc1Cl. The molecule has 1 aromatic rings. The normalized spacial score (nSPS) is 14.4. The van der Waals surface area contributed by atoms with Gasteiger partial charge in [-0.15, -0.1) is 0 Å². The summed E-state index contributed by atoms with van der Waals surface area (Å²) in [7, 11) is 0. The molecule has 0 fully saturated rings. The Labute approximate surface area is 134 Å². The maximum absolute atomic E-state index is 13.5. The Morgan fingerprint density at radius 2 is 2.00 bits per heavy atom. The van der Waals surface area contributed by atoms with Gasteiger partial charge in [-0.1, -0.05) is 52.1 Å². The minimum atomic E-state index is -0.202. The second-order valence-corrected chi connectivity index (χ2v) is 6.81. The second-order valence-electron chi connectivity index (χ2n) is 6.41. The molecule has 1 N–H and O–H groups in total. The number of hydrogen-bond donors (Lipinski definition) is 1. The minimum Gasteiger partial charge on any atom is -0.314 e. The molecule has 0 aromatic heterocycles. The van der Waals surface area contributed by atoms with Gasteiger partial charge in [0.1, 0.15) is 5.82 Å². The van der Waals surface area contributed by atoms with Gasteiger partial charge < -0.3 is 5.32 Å². The summed E-state index contributed by atoms with van der Waals surface area (Å²) in [5.41, 5.74) is 1.08. The van der Waals surface area contributed by atoms with Crippen molar-refractivity contribution in [1.29, 1.82) is 0 Å². The quantitative estimate of drug-likeness (QED) is 0.625. The van der Waals surface area contributed by atoms with Crippen molar-refractivity contribution >= 4 is 11.6 Å². The Morgan fingerprint density at radius 1 is 1.29 bits per heavy atom. The molecule has 1 rings (SSSR count). The van der Waals surface area contributed by atoms with E-state index in [-0.39, 0.29) is 11.2 Å². The number of halogens is 2. The van der Waals surface area contributed by atoms with Gasteiger partial charge in [0.15, 0.2) is 0 Å². The van der Waals surface area contributed by atoms with Crippen LogP contribution in [0.3, 0.4) is 0 Å². The van der Waals surface area contributed by atoms with Crippen LogP contribution in [0.2, 0.25) is 5.02 Å². The van der Waals surface area contributed by atoms with E-state index in [1.54, 1.807) is 12.1 Å². The first kappa shape index (κ1) is 18.4. The second kappa shape index (κ2) is 8.75. The van der Waals surface area contributed by atoms with Gasteiger partial charge in [0, 0.05) is 17.6 Å². The number of rotatable bonds is 9. The third-order valence-corrected chi connectivity index (χ3v) is 4.64. The maximum atomic E-state index is 13.5. The van der Waals surface area contributed by atoms with Crippen LogP contribution in [0.25, 0.3) is 0 Å². The highest BCUT2D eigenvalue weighted by molar-refractivity contribution is 6.31. The standard InChI is InChI=1S/C18H29ClFN/c1-5-7-10-18(6-2,13-21-14(3)4)12-15-11-16(20)8-9-17(15)19/h8-9,11,14,21H,5-7,10,12-13H2,1-4H3. The van der Waals surface area contributed by atoms with Crippen LogP contribution in [-0.2, 0) is 6.42 Å². The van der Waals surface area contributed by atoms with Gasteiger partial charge in [0.2, 0.25) is 0 Å². The van der Waals surface area contributed by atoms with E-state index in [4.69, 9.17) is 11.6 Å². The molecule has 21 heavy (non-hydrogen) atoms. The highest BCUT2D eigenvalue weighted by Gasteiger charge is 2.29. The van der Waals surface area contributed by atoms with E-state index in [1.807, 2.05) is 0 Å². The predicted molar refractivity (Wildman–Crippen MR) is 90.5 cm³/mol. The molecule has 1 nitrogen and oxygen atoms in total. The van der Waals surface area contributed by atoms with Gasteiger partial charge in [-0.25, -0.2) is 4.39 Å². The highest BCUT2D eigenvalue weighted by atomic mass is 35.5. The van der Waals surface area contributed by atoms with Crippen LogP contribution in [-0.4, -0.2) is 12.6 Å². The first-order chi connectivity index (χ1) is 9.92. The third kappa shape index (κ3) is 5.96. The Balaban J connectivity index is 2.95. The molecular formula is C18H29ClFN. The van der Waals surface area contributed by atoms with Crippen molar-refractivity contribution in [3.05, 3.63) is 34.6 Å². The van der Waals surface area contributed by atoms with Crippen molar-refractivity contribution < 1.29 is 4.39 Å². The molecule has 0 aliphatic rings. The van der Waals surface area contributed by atoms with Crippen LogP contribution in [0.1, 0.15) is 58.9 Å². The molecular weight excluding hydrogens is 285 g/mol. The van der Waals surface area contributed by atoms with Crippen LogP contribution >= 0.6 is 11.6 Å². The highest BCUT2D eigenvalue weighted by Crippen LogP contribution is 2.35. The third-order valence-electron chi connectivity index (χ3n) is 4.27. The van der Waals surface area contributed by atoms with Crippen LogP contribution in [0.15, 0.2) is 18.2 Å². The molecule has 0 spiro atoms. The molecule has 0 amide bonds. The van der Waals surface area contributed by atoms with E-state index < -0.39 is 0 Å². The van der Waals surface area contributed by atoms with Gasteiger partial charge >= 0.3 is 0 Å². The average Bonchev–Trinajstić information content (AvgIpc) is 2.45. The number of benzene rings is 1. The van der Waals surface area contributed by atoms with Gasteiger partial charge in [0.05, 0.1) is 0 Å². The van der Waals surface area contributed by atoms with Gasteiger partial charge in [0.25, 0.3) is 0 Å². The van der Waals surface area contributed by atoms with Crippen molar-refractivity contribution in [3.8, 4) is 0 Å². The summed E-state index contributed by atoms with van der Waals surface area (Å²) >= 11 is 6.27. The zero-order chi connectivity index (χ0) is 15.9. The Hall–Kier alpha value is -0.600. The van der Waals surface area contributed by atoms with Crippen molar-refractivity contribution in [2.75, 3.05) is 6.54 Å². The Morgan fingerprint density at radius 3 is 2.57 bits per heavy atom. The van der Waals surface area contributed by atoms with Crippen molar-refractivity contribution in [1.82, 2.24) is 5.32 Å². The lowest BCUT2D eigenvalue weighted by atomic mass is 9.75. The van der Waals surface area contributed by atoms with E-state index in [0.717, 1.165) is 31.4 Å². The fraction of sp³-hybridized carbons (Fsp3) is 0.667. The van der Waals surface area contributed by atoms with Crippen molar-refractivity contribution in [3.63, 3.8) is 0 Å². The molecule has 0 bridgehead atoms. The maximum Gasteiger partial charge on any atom is 0.123 e. The topological polar surface area (TPSA) is 12.0 Å². The largest absolute Gasteiger partial charge is 0.314 e. The summed E-state index contributed by atoms with van der Waals surface area (Å²) in [6, 6.07) is 5.15. The van der Waals surface area contributed by atoms with Crippen LogP contribution in [0.4, 0.5) is 4.39 Å². The lowest BCUT2D eigenvalue weighted by Gasteiger charge is -2.35. The zero-order valence-electron chi connectivity index (χ0n) is 13.8. The lowest BCUT2D eigenvalue weighted by molar-refractivity contribution is 0.223. The summed E-state index contributed by atoms with van der Waals surface area (Å²) in [5, 5.41) is 4.24. The van der Waals surface area contributed by atoms with Crippen molar-refractivity contribution in [2.24, 2.45) is 5.41 Å². The van der Waals surface area contributed by atoms with E-state index in [2.05, 4.69) is 33.0 Å². The Bertz CT molecular complexity index is 433. The number of hydrogen-bond acceptors (Lipinski definition) is 1. The monoisotopic (exact) mass is 313 g/mol. The summed E-state index contributed by atoms with van der Waals surface area (Å²) in [5.74, 6) is -0.202. The van der Waals surface area contributed by atoms with Gasteiger partial charge in [-0.3, -0.25) is 0 Å². The molecule has 0 saturated carbocycles. The molecule has 0 heterocycles. The molecule has 0 radical (unpaired) electrons. The summed E-state index contributed by atoms with van der Waals surface area (Å²) in [6.07, 6.45) is 5.42.